The van der Waals surface area contributed by atoms with Gasteiger partial charge in [-0.3, -0.25) is 9.59 Å². The van der Waals surface area contributed by atoms with Crippen LogP contribution < -0.4 is 10.9 Å². The van der Waals surface area contributed by atoms with Crippen molar-refractivity contribution < 1.29 is 9.21 Å². The molecule has 0 saturated heterocycles. The number of hydrogen-bond donors (Lipinski definition) is 1. The minimum absolute atomic E-state index is 0.0538. The van der Waals surface area contributed by atoms with E-state index in [1.807, 2.05) is 57.2 Å². The van der Waals surface area contributed by atoms with Crippen molar-refractivity contribution in [1.82, 2.24) is 24.9 Å². The second kappa shape index (κ2) is 9.21. The number of carbonyl (C=O) groups excluding carboxylic acids is 1. The Morgan fingerprint density at radius 3 is 2.59 bits per heavy atom. The predicted octanol–water partition coefficient (Wildman–Crippen LogP) is 3.24. The fourth-order valence-electron chi connectivity index (χ4n) is 3.83. The molecule has 8 nitrogen and oxygen atoms in total. The summed E-state index contributed by atoms with van der Waals surface area (Å²) in [6.45, 7) is 6.74. The van der Waals surface area contributed by atoms with E-state index in [0.29, 0.717) is 37.9 Å². The average Bonchev–Trinajstić information content (AvgIpc) is 3.40. The van der Waals surface area contributed by atoms with Crippen LogP contribution in [-0.4, -0.2) is 32.0 Å². The lowest BCUT2D eigenvalue weighted by Crippen LogP contribution is -2.27. The zero-order valence-electron chi connectivity index (χ0n) is 18.6. The van der Waals surface area contributed by atoms with Crippen molar-refractivity contribution in [2.75, 3.05) is 6.54 Å². The summed E-state index contributed by atoms with van der Waals surface area (Å²) in [7, 11) is 0. The summed E-state index contributed by atoms with van der Waals surface area (Å²) in [5.74, 6) is 0.784. The number of benzene rings is 1. The van der Waals surface area contributed by atoms with Crippen LogP contribution in [0.3, 0.4) is 0 Å². The van der Waals surface area contributed by atoms with Crippen LogP contribution >= 0.6 is 0 Å². The van der Waals surface area contributed by atoms with Gasteiger partial charge >= 0.3 is 0 Å². The standard InChI is InChI=1S/C24H27N5O3/c1-16-8-10-19(11-9-16)29-18(3)22-17(2)26-28(24(31)23(22)27-29)14-4-7-21(30)25-13-12-20-6-5-15-32-20/h5-6,8-11,15H,4,7,12-14H2,1-3H3,(H,25,30). The number of nitrogens with zero attached hydrogens (tertiary/aromatic N) is 4. The molecule has 3 heterocycles. The number of carbonyl (C=O) groups is 1. The Bertz CT molecular complexity index is 1280. The van der Waals surface area contributed by atoms with Gasteiger partial charge in [0.05, 0.1) is 28.7 Å². The maximum atomic E-state index is 13.0. The van der Waals surface area contributed by atoms with Gasteiger partial charge in [-0.1, -0.05) is 17.7 Å². The van der Waals surface area contributed by atoms with Crippen molar-refractivity contribution in [3.8, 4) is 5.69 Å². The fourth-order valence-corrected chi connectivity index (χ4v) is 3.83. The fraction of sp³-hybridized carbons (Fsp3) is 0.333. The summed E-state index contributed by atoms with van der Waals surface area (Å²) in [6, 6.07) is 11.7. The number of amides is 1. The topological polar surface area (TPSA) is 95.0 Å². The first-order chi connectivity index (χ1) is 15.4. The SMILES string of the molecule is Cc1ccc(-n2nc3c(=O)n(CCCC(=O)NCCc4ccco4)nc(C)c3c2C)cc1. The largest absolute Gasteiger partial charge is 0.469 e. The smallest absolute Gasteiger partial charge is 0.295 e. The van der Waals surface area contributed by atoms with E-state index in [1.54, 1.807) is 10.9 Å². The van der Waals surface area contributed by atoms with Crippen molar-refractivity contribution >= 4 is 16.8 Å². The molecule has 1 N–H and O–H groups in total. The van der Waals surface area contributed by atoms with Crippen LogP contribution in [0.4, 0.5) is 0 Å². The highest BCUT2D eigenvalue weighted by Gasteiger charge is 2.17. The van der Waals surface area contributed by atoms with Crippen LogP contribution in [0.15, 0.2) is 51.9 Å². The van der Waals surface area contributed by atoms with E-state index in [4.69, 9.17) is 4.42 Å². The average molecular weight is 434 g/mol. The molecule has 4 rings (SSSR count). The normalized spacial score (nSPS) is 11.2. The van der Waals surface area contributed by atoms with Crippen molar-refractivity contribution in [1.29, 1.82) is 0 Å². The van der Waals surface area contributed by atoms with Gasteiger partial charge in [0.15, 0.2) is 5.52 Å². The van der Waals surface area contributed by atoms with Crippen molar-refractivity contribution in [3.63, 3.8) is 0 Å². The molecule has 32 heavy (non-hydrogen) atoms. The molecule has 0 aliphatic heterocycles. The van der Waals surface area contributed by atoms with Gasteiger partial charge in [0.1, 0.15) is 5.76 Å². The minimum atomic E-state index is -0.238. The highest BCUT2D eigenvalue weighted by molar-refractivity contribution is 5.83. The molecule has 0 radical (unpaired) electrons. The molecule has 0 fully saturated rings. The van der Waals surface area contributed by atoms with E-state index in [-0.39, 0.29) is 11.5 Å². The summed E-state index contributed by atoms with van der Waals surface area (Å²) in [5.41, 5.74) is 3.86. The van der Waals surface area contributed by atoms with Crippen LogP contribution in [-0.2, 0) is 17.8 Å². The highest BCUT2D eigenvalue weighted by atomic mass is 16.3. The number of fused-ring (bicyclic) bond motifs is 1. The van der Waals surface area contributed by atoms with Gasteiger partial charge in [0.2, 0.25) is 5.91 Å². The molecule has 0 bridgehead atoms. The molecule has 3 aromatic heterocycles. The second-order valence-corrected chi connectivity index (χ2v) is 7.95. The number of aromatic nitrogens is 4. The quantitative estimate of drug-likeness (QED) is 0.460. The van der Waals surface area contributed by atoms with E-state index < -0.39 is 0 Å². The van der Waals surface area contributed by atoms with E-state index >= 15 is 0 Å². The van der Waals surface area contributed by atoms with Gasteiger partial charge < -0.3 is 9.73 Å². The van der Waals surface area contributed by atoms with Crippen molar-refractivity contribution in [3.05, 3.63) is 75.7 Å². The molecule has 0 saturated carbocycles. The van der Waals surface area contributed by atoms with E-state index in [0.717, 1.165) is 33.8 Å². The molecule has 4 aromatic rings. The molecule has 8 heteroatoms. The lowest BCUT2D eigenvalue weighted by atomic mass is 10.2. The molecule has 0 spiro atoms. The Morgan fingerprint density at radius 1 is 1.09 bits per heavy atom. The Hall–Kier alpha value is -3.68. The van der Waals surface area contributed by atoms with E-state index in [9.17, 15) is 9.59 Å². The van der Waals surface area contributed by atoms with E-state index in [1.165, 1.54) is 4.68 Å². The van der Waals surface area contributed by atoms with Crippen molar-refractivity contribution in [2.24, 2.45) is 0 Å². The number of hydrogen-bond acceptors (Lipinski definition) is 5. The van der Waals surface area contributed by atoms with Crippen LogP contribution in [0.2, 0.25) is 0 Å². The lowest BCUT2D eigenvalue weighted by Gasteiger charge is -2.07. The summed E-state index contributed by atoms with van der Waals surface area (Å²) in [6.07, 6.45) is 3.10. The Labute approximate surface area is 185 Å². The third-order valence-corrected chi connectivity index (χ3v) is 5.51. The lowest BCUT2D eigenvalue weighted by molar-refractivity contribution is -0.121. The predicted molar refractivity (Wildman–Crippen MR) is 122 cm³/mol. The first-order valence-electron chi connectivity index (χ1n) is 10.8. The maximum Gasteiger partial charge on any atom is 0.295 e. The van der Waals surface area contributed by atoms with Gasteiger partial charge in [-0.25, -0.2) is 9.36 Å². The second-order valence-electron chi connectivity index (χ2n) is 7.95. The number of rotatable bonds is 8. The summed E-state index contributed by atoms with van der Waals surface area (Å²) in [4.78, 5) is 25.1. The summed E-state index contributed by atoms with van der Waals surface area (Å²) >= 11 is 0. The first kappa shape index (κ1) is 21.5. The number of nitrogens with one attached hydrogen (secondary N) is 1. The molecule has 166 valence electrons. The van der Waals surface area contributed by atoms with Crippen LogP contribution in [0.5, 0.6) is 0 Å². The zero-order valence-corrected chi connectivity index (χ0v) is 18.6. The third-order valence-electron chi connectivity index (χ3n) is 5.51. The summed E-state index contributed by atoms with van der Waals surface area (Å²) in [5, 5.41) is 12.7. The first-order valence-corrected chi connectivity index (χ1v) is 10.8. The van der Waals surface area contributed by atoms with Gasteiger partial charge in [-0.05, 0) is 51.5 Å². The minimum Gasteiger partial charge on any atom is -0.469 e. The molecule has 0 aliphatic carbocycles. The number of aryl methyl sites for hydroxylation is 4. The van der Waals surface area contributed by atoms with Crippen molar-refractivity contribution in [2.45, 2.75) is 46.6 Å². The molecular weight excluding hydrogens is 406 g/mol. The van der Waals surface area contributed by atoms with E-state index in [2.05, 4.69) is 15.5 Å². The molecule has 0 atom stereocenters. The Kier molecular flexibility index (Phi) is 6.20. The number of furan rings is 1. The van der Waals surface area contributed by atoms with Crippen LogP contribution in [0, 0.1) is 20.8 Å². The third kappa shape index (κ3) is 4.49. The molecule has 0 unspecified atom stereocenters. The monoisotopic (exact) mass is 433 g/mol. The zero-order chi connectivity index (χ0) is 22.7. The van der Waals surface area contributed by atoms with Crippen LogP contribution in [0.25, 0.3) is 16.6 Å². The van der Waals surface area contributed by atoms with Gasteiger partial charge in [0, 0.05) is 25.9 Å². The summed E-state index contributed by atoms with van der Waals surface area (Å²) < 4.78 is 8.46. The highest BCUT2D eigenvalue weighted by Crippen LogP contribution is 2.21. The molecule has 1 amide bonds. The van der Waals surface area contributed by atoms with Gasteiger partial charge in [-0.15, -0.1) is 0 Å². The van der Waals surface area contributed by atoms with Crippen LogP contribution in [0.1, 0.15) is 35.6 Å². The molecule has 1 aromatic carbocycles. The molecular formula is C24H27N5O3. The maximum absolute atomic E-state index is 13.0. The van der Waals surface area contributed by atoms with Gasteiger partial charge in [-0.2, -0.15) is 10.2 Å². The van der Waals surface area contributed by atoms with Gasteiger partial charge in [0.25, 0.3) is 5.56 Å². The Balaban J connectivity index is 1.44. The molecule has 0 aliphatic rings. The Morgan fingerprint density at radius 2 is 1.88 bits per heavy atom.